The number of nitrogens with two attached hydrogens (primary N) is 1. The third kappa shape index (κ3) is 2.69. The van der Waals surface area contributed by atoms with Crippen molar-refractivity contribution in [1.29, 1.82) is 0 Å². The summed E-state index contributed by atoms with van der Waals surface area (Å²) in [6, 6.07) is 0. The highest BCUT2D eigenvalue weighted by Crippen LogP contribution is 2.18. The molecule has 0 bridgehead atoms. The molecule has 1 aliphatic heterocycles. The molecule has 3 N–H and O–H groups in total. The first-order valence-corrected chi connectivity index (χ1v) is 5.29. The highest BCUT2D eigenvalue weighted by molar-refractivity contribution is 5.77. The molecule has 4 nitrogen and oxygen atoms in total. The van der Waals surface area contributed by atoms with E-state index in [0.29, 0.717) is 24.8 Å². The summed E-state index contributed by atoms with van der Waals surface area (Å²) in [4.78, 5) is 13.4. The number of amides is 1. The Balaban J connectivity index is 2.23. The van der Waals surface area contributed by atoms with Crippen LogP contribution < -0.4 is 5.73 Å². The number of aliphatic hydroxyl groups is 1. The van der Waals surface area contributed by atoms with E-state index < -0.39 is 0 Å². The van der Waals surface area contributed by atoms with E-state index in [-0.39, 0.29) is 12.5 Å². The van der Waals surface area contributed by atoms with E-state index in [1.54, 1.807) is 4.90 Å². The van der Waals surface area contributed by atoms with Crippen molar-refractivity contribution in [2.45, 2.75) is 19.8 Å². The summed E-state index contributed by atoms with van der Waals surface area (Å²) in [5.74, 6) is 0.805. The largest absolute Gasteiger partial charge is 0.396 e. The summed E-state index contributed by atoms with van der Waals surface area (Å²) in [7, 11) is 0. The van der Waals surface area contributed by atoms with E-state index in [9.17, 15) is 4.79 Å². The molecule has 0 spiro atoms. The van der Waals surface area contributed by atoms with Crippen LogP contribution in [0, 0.1) is 11.8 Å². The quantitative estimate of drug-likeness (QED) is 0.646. The number of carbonyl (C=O) groups is 1. The van der Waals surface area contributed by atoms with E-state index >= 15 is 0 Å². The van der Waals surface area contributed by atoms with Gasteiger partial charge in [0, 0.05) is 32.0 Å². The van der Waals surface area contributed by atoms with Crippen molar-refractivity contribution < 1.29 is 9.90 Å². The minimum absolute atomic E-state index is 0.187. The van der Waals surface area contributed by atoms with Crippen molar-refractivity contribution in [3.05, 3.63) is 0 Å². The molecule has 1 rings (SSSR count). The van der Waals surface area contributed by atoms with E-state index in [4.69, 9.17) is 10.8 Å². The minimum Gasteiger partial charge on any atom is -0.396 e. The number of hydrogen-bond donors (Lipinski definition) is 2. The number of hydrogen-bond acceptors (Lipinski definition) is 3. The monoisotopic (exact) mass is 200 g/mol. The topological polar surface area (TPSA) is 66.6 Å². The van der Waals surface area contributed by atoms with Gasteiger partial charge in [-0.05, 0) is 12.5 Å². The molecule has 4 heteroatoms. The normalized spacial score (nSPS) is 19.2. The van der Waals surface area contributed by atoms with Crippen LogP contribution in [0.4, 0.5) is 0 Å². The molecule has 0 aromatic rings. The highest BCUT2D eigenvalue weighted by Gasteiger charge is 2.30. The van der Waals surface area contributed by atoms with Crippen LogP contribution in [-0.4, -0.2) is 42.2 Å². The molecule has 1 unspecified atom stereocenters. The van der Waals surface area contributed by atoms with Crippen molar-refractivity contribution in [2.75, 3.05) is 26.2 Å². The van der Waals surface area contributed by atoms with Crippen molar-refractivity contribution in [1.82, 2.24) is 4.90 Å². The molecule has 1 amide bonds. The molecule has 0 aromatic carbocycles. The summed E-state index contributed by atoms with van der Waals surface area (Å²) >= 11 is 0. The van der Waals surface area contributed by atoms with Crippen LogP contribution in [0.15, 0.2) is 0 Å². The zero-order chi connectivity index (χ0) is 10.6. The SMILES string of the molecule is CCC(CN)CC(=O)N1CC(CO)C1. The molecular weight excluding hydrogens is 180 g/mol. The molecule has 0 aromatic heterocycles. The van der Waals surface area contributed by atoms with Gasteiger partial charge in [-0.25, -0.2) is 0 Å². The van der Waals surface area contributed by atoms with E-state index in [1.807, 2.05) is 0 Å². The first kappa shape index (κ1) is 11.5. The van der Waals surface area contributed by atoms with Crippen LogP contribution >= 0.6 is 0 Å². The predicted octanol–water partition coefficient (Wildman–Crippen LogP) is -0.188. The van der Waals surface area contributed by atoms with Gasteiger partial charge in [-0.15, -0.1) is 0 Å². The van der Waals surface area contributed by atoms with Crippen LogP contribution in [0.2, 0.25) is 0 Å². The predicted molar refractivity (Wildman–Crippen MR) is 54.6 cm³/mol. The van der Waals surface area contributed by atoms with Gasteiger partial charge in [0.1, 0.15) is 0 Å². The molecule has 1 aliphatic rings. The Morgan fingerprint density at radius 3 is 2.71 bits per heavy atom. The van der Waals surface area contributed by atoms with Crippen molar-refractivity contribution in [2.24, 2.45) is 17.6 Å². The Morgan fingerprint density at radius 2 is 2.29 bits per heavy atom. The Labute approximate surface area is 85.1 Å². The average Bonchev–Trinajstić information content (AvgIpc) is 2.12. The summed E-state index contributed by atoms with van der Waals surface area (Å²) in [6.45, 7) is 4.27. The van der Waals surface area contributed by atoms with Gasteiger partial charge < -0.3 is 15.7 Å². The molecule has 0 radical (unpaired) electrons. The molecule has 1 atom stereocenters. The lowest BCUT2D eigenvalue weighted by Crippen LogP contribution is -2.51. The van der Waals surface area contributed by atoms with Crippen LogP contribution in [0.1, 0.15) is 19.8 Å². The molecule has 1 heterocycles. The van der Waals surface area contributed by atoms with E-state index in [2.05, 4.69) is 6.92 Å². The highest BCUT2D eigenvalue weighted by atomic mass is 16.3. The molecule has 0 aliphatic carbocycles. The van der Waals surface area contributed by atoms with Gasteiger partial charge in [0.05, 0.1) is 0 Å². The third-order valence-electron chi connectivity index (χ3n) is 2.94. The van der Waals surface area contributed by atoms with E-state index in [1.165, 1.54) is 0 Å². The van der Waals surface area contributed by atoms with Gasteiger partial charge >= 0.3 is 0 Å². The lowest BCUT2D eigenvalue weighted by Gasteiger charge is -2.38. The third-order valence-corrected chi connectivity index (χ3v) is 2.94. The number of likely N-dealkylation sites (tertiary alicyclic amines) is 1. The van der Waals surface area contributed by atoms with Gasteiger partial charge in [0.2, 0.25) is 5.91 Å². The van der Waals surface area contributed by atoms with Crippen LogP contribution in [0.5, 0.6) is 0 Å². The Kier molecular flexibility index (Phi) is 4.35. The van der Waals surface area contributed by atoms with Gasteiger partial charge in [0.25, 0.3) is 0 Å². The maximum atomic E-state index is 11.6. The molecular formula is C10H20N2O2. The zero-order valence-electron chi connectivity index (χ0n) is 8.78. The summed E-state index contributed by atoms with van der Waals surface area (Å²) in [6.07, 6.45) is 1.52. The van der Waals surface area contributed by atoms with Crippen molar-refractivity contribution in [3.63, 3.8) is 0 Å². The van der Waals surface area contributed by atoms with Crippen molar-refractivity contribution >= 4 is 5.91 Å². The second-order valence-corrected chi connectivity index (χ2v) is 4.06. The van der Waals surface area contributed by atoms with E-state index in [0.717, 1.165) is 19.5 Å². The summed E-state index contributed by atoms with van der Waals surface area (Å²) in [5.41, 5.74) is 5.53. The summed E-state index contributed by atoms with van der Waals surface area (Å²) in [5, 5.41) is 8.80. The zero-order valence-corrected chi connectivity index (χ0v) is 8.78. The standard InChI is InChI=1S/C10H20N2O2/c1-2-8(4-11)3-10(14)12-5-9(6-12)7-13/h8-9,13H,2-7,11H2,1H3. The number of rotatable bonds is 5. The molecule has 1 saturated heterocycles. The first-order valence-electron chi connectivity index (χ1n) is 5.29. The van der Waals surface area contributed by atoms with Crippen LogP contribution in [0.25, 0.3) is 0 Å². The maximum Gasteiger partial charge on any atom is 0.222 e. The number of aliphatic hydroxyl groups excluding tert-OH is 1. The van der Waals surface area contributed by atoms with Crippen molar-refractivity contribution in [3.8, 4) is 0 Å². The van der Waals surface area contributed by atoms with Gasteiger partial charge in [-0.1, -0.05) is 13.3 Å². The molecule has 82 valence electrons. The second kappa shape index (κ2) is 5.32. The molecule has 1 fully saturated rings. The number of nitrogens with zero attached hydrogens (tertiary/aromatic N) is 1. The fourth-order valence-corrected chi connectivity index (χ4v) is 1.66. The maximum absolute atomic E-state index is 11.6. The van der Waals surface area contributed by atoms with Gasteiger partial charge in [-0.3, -0.25) is 4.79 Å². The van der Waals surface area contributed by atoms with Crippen LogP contribution in [0.3, 0.4) is 0 Å². The fraction of sp³-hybridized carbons (Fsp3) is 0.900. The Hall–Kier alpha value is -0.610. The van der Waals surface area contributed by atoms with Gasteiger partial charge in [-0.2, -0.15) is 0 Å². The summed E-state index contributed by atoms with van der Waals surface area (Å²) < 4.78 is 0. The second-order valence-electron chi connectivity index (χ2n) is 4.06. The minimum atomic E-state index is 0.187. The van der Waals surface area contributed by atoms with Gasteiger partial charge in [0.15, 0.2) is 0 Å². The average molecular weight is 200 g/mol. The lowest BCUT2D eigenvalue weighted by atomic mass is 9.97. The Bertz CT molecular complexity index is 187. The fourth-order valence-electron chi connectivity index (χ4n) is 1.66. The van der Waals surface area contributed by atoms with Crippen LogP contribution in [-0.2, 0) is 4.79 Å². The Morgan fingerprint density at radius 1 is 1.64 bits per heavy atom. The smallest absolute Gasteiger partial charge is 0.222 e. The molecule has 14 heavy (non-hydrogen) atoms. The number of carbonyl (C=O) groups excluding carboxylic acids is 1. The lowest BCUT2D eigenvalue weighted by molar-refractivity contribution is -0.139. The first-order chi connectivity index (χ1) is 6.71. The molecule has 0 saturated carbocycles.